The van der Waals surface area contributed by atoms with Crippen LogP contribution in [0.15, 0.2) is 54.6 Å². The molecule has 0 unspecified atom stereocenters. The minimum absolute atomic E-state index is 0.0108. The third-order valence-corrected chi connectivity index (χ3v) is 13.7. The van der Waals surface area contributed by atoms with Gasteiger partial charge in [-0.3, -0.25) is 28.9 Å². The average molecular weight is 846 g/mol. The molecule has 4 fully saturated rings. The number of carbonyl (C=O) groups excluding carboxylic acids is 5. The zero-order valence-electron chi connectivity index (χ0n) is 37.8. The lowest BCUT2D eigenvalue weighted by atomic mass is 9.82. The molecule has 2 aromatic rings. The van der Waals surface area contributed by atoms with Crippen molar-refractivity contribution in [1.29, 1.82) is 0 Å². The van der Waals surface area contributed by atoms with E-state index in [9.17, 15) is 24.0 Å². The van der Waals surface area contributed by atoms with E-state index in [0.717, 1.165) is 36.8 Å². The lowest BCUT2D eigenvalue weighted by Gasteiger charge is -2.41. The van der Waals surface area contributed by atoms with Gasteiger partial charge in [0.15, 0.2) is 0 Å². The molecular formula is C47H71N7O7. The second-order valence-electron chi connectivity index (χ2n) is 18.0. The summed E-state index contributed by atoms with van der Waals surface area (Å²) in [5, 5.41) is 9.05. The summed E-state index contributed by atoms with van der Waals surface area (Å²) < 4.78 is 12.1. The van der Waals surface area contributed by atoms with Crippen molar-refractivity contribution in [1.82, 2.24) is 25.3 Å². The third-order valence-electron chi connectivity index (χ3n) is 13.7. The third kappa shape index (κ3) is 11.2. The fraction of sp³-hybridized carbons (Fsp3) is 0.638. The molecule has 9 atom stereocenters. The second-order valence-corrected chi connectivity index (χ2v) is 18.0. The molecule has 3 heterocycles. The highest BCUT2D eigenvalue weighted by Gasteiger charge is 2.52. The van der Waals surface area contributed by atoms with Crippen molar-refractivity contribution in [3.05, 3.63) is 65.7 Å². The van der Waals surface area contributed by atoms with Crippen LogP contribution >= 0.6 is 0 Å². The number of nitrogens with zero attached hydrogens (tertiary/aromatic N) is 3. The predicted molar refractivity (Wildman–Crippen MR) is 236 cm³/mol. The highest BCUT2D eigenvalue weighted by molar-refractivity contribution is 5.97. The van der Waals surface area contributed by atoms with Crippen molar-refractivity contribution >= 4 is 35.2 Å². The first-order chi connectivity index (χ1) is 29.1. The van der Waals surface area contributed by atoms with Gasteiger partial charge in [0.1, 0.15) is 12.1 Å². The minimum atomic E-state index is -0.886. The molecule has 2 aromatic carbocycles. The van der Waals surface area contributed by atoms with Crippen LogP contribution in [-0.4, -0.2) is 128 Å². The Hall–Kier alpha value is -4.37. The second kappa shape index (κ2) is 21.6. The molecule has 0 radical (unpaired) electrons. The van der Waals surface area contributed by atoms with Crippen molar-refractivity contribution in [3.63, 3.8) is 0 Å². The van der Waals surface area contributed by atoms with Crippen LogP contribution in [0, 0.1) is 23.7 Å². The fourth-order valence-corrected chi connectivity index (χ4v) is 9.77. The number of anilines is 1. The van der Waals surface area contributed by atoms with Crippen LogP contribution in [0.25, 0.3) is 0 Å². The Bertz CT molecular complexity index is 1790. The number of amides is 5. The number of methoxy groups -OCH3 is 2. The Morgan fingerprint density at radius 1 is 0.902 bits per heavy atom. The normalized spacial score (nSPS) is 23.2. The number of likely N-dealkylation sites (N-methyl/N-ethyl adjacent to an activating group) is 2. The van der Waals surface area contributed by atoms with Gasteiger partial charge in [-0.05, 0) is 73.7 Å². The minimum Gasteiger partial charge on any atom is -0.379 e. The molecule has 1 aliphatic carbocycles. The van der Waals surface area contributed by atoms with Crippen LogP contribution in [0.4, 0.5) is 5.69 Å². The van der Waals surface area contributed by atoms with Gasteiger partial charge in [-0.15, -0.1) is 0 Å². The standard InChI is InChI=1S/C47H71N7O7/c1-10-29(4)41(53(7)47(59)40(28(2)3)51-46(58)42-33-24-35(25-33)52(42)6)38(60-8)26-39(55)54-22-14-17-37(54)43(61-9)30(5)44(56)50-36(23-31-15-12-11-13-16-31)45(57)49-34-20-18-32(27-48)19-21-34/h11-13,15-16,18-21,28-30,33,35-38,40-43H,10,14,17,22-27,48H2,1-9H3,(H,49,57)(H,50,56)(H,51,58)/t29-,30+,33?,35?,36-,37-,38+,40-,41-,42-,43+/m0/s1. The van der Waals surface area contributed by atoms with Gasteiger partial charge in [-0.2, -0.15) is 0 Å². The van der Waals surface area contributed by atoms with E-state index in [0.29, 0.717) is 37.2 Å². The van der Waals surface area contributed by atoms with Crippen LogP contribution in [0.1, 0.15) is 84.3 Å². The molecule has 3 saturated heterocycles. The van der Waals surface area contributed by atoms with E-state index < -0.39 is 42.3 Å². The maximum absolute atomic E-state index is 14.4. The zero-order chi connectivity index (χ0) is 44.5. The first-order valence-corrected chi connectivity index (χ1v) is 22.2. The maximum atomic E-state index is 14.4. The summed E-state index contributed by atoms with van der Waals surface area (Å²) in [5.41, 5.74) is 8.17. The fourth-order valence-electron chi connectivity index (χ4n) is 9.77. The number of hydrogen-bond donors (Lipinski definition) is 4. The van der Waals surface area contributed by atoms with E-state index in [1.165, 1.54) is 0 Å². The Morgan fingerprint density at radius 2 is 1.57 bits per heavy atom. The van der Waals surface area contributed by atoms with Gasteiger partial charge in [0.05, 0.1) is 42.7 Å². The van der Waals surface area contributed by atoms with Gasteiger partial charge >= 0.3 is 0 Å². The molecule has 4 aliphatic rings. The summed E-state index contributed by atoms with van der Waals surface area (Å²) in [4.78, 5) is 75.7. The van der Waals surface area contributed by atoms with E-state index in [1.54, 1.807) is 50.1 Å². The molecule has 14 heteroatoms. The molecule has 5 amide bonds. The molecule has 6 rings (SSSR count). The smallest absolute Gasteiger partial charge is 0.247 e. The lowest BCUT2D eigenvalue weighted by molar-refractivity contribution is -0.148. The Labute approximate surface area is 363 Å². The first kappa shape index (κ1) is 47.7. The molecule has 2 bridgehead atoms. The zero-order valence-corrected chi connectivity index (χ0v) is 37.8. The summed E-state index contributed by atoms with van der Waals surface area (Å²) in [6.45, 7) is 10.6. The largest absolute Gasteiger partial charge is 0.379 e. The van der Waals surface area contributed by atoms with Crippen molar-refractivity contribution in [2.45, 2.75) is 135 Å². The lowest BCUT2D eigenvalue weighted by Crippen LogP contribution is -2.59. The summed E-state index contributed by atoms with van der Waals surface area (Å²) in [7, 11) is 6.85. The van der Waals surface area contributed by atoms with Crippen molar-refractivity contribution in [3.8, 4) is 0 Å². The molecule has 1 saturated carbocycles. The number of ether oxygens (including phenoxy) is 2. The van der Waals surface area contributed by atoms with Gasteiger partial charge < -0.3 is 41.0 Å². The number of likely N-dealkylation sites (tertiary alicyclic amines) is 1. The number of benzene rings is 2. The van der Waals surface area contributed by atoms with E-state index in [4.69, 9.17) is 15.2 Å². The number of hydrogen-bond acceptors (Lipinski definition) is 9. The topological polar surface area (TPSA) is 176 Å². The summed E-state index contributed by atoms with van der Waals surface area (Å²) in [6, 6.07) is 14.5. The van der Waals surface area contributed by atoms with Crippen LogP contribution in [-0.2, 0) is 46.4 Å². The molecule has 0 aromatic heterocycles. The summed E-state index contributed by atoms with van der Waals surface area (Å²) in [5.74, 6) is -1.77. The van der Waals surface area contributed by atoms with E-state index >= 15 is 0 Å². The summed E-state index contributed by atoms with van der Waals surface area (Å²) >= 11 is 0. The predicted octanol–water partition coefficient (Wildman–Crippen LogP) is 3.97. The van der Waals surface area contributed by atoms with Gasteiger partial charge in [0.2, 0.25) is 29.5 Å². The highest BCUT2D eigenvalue weighted by Crippen LogP contribution is 2.44. The Kier molecular flexibility index (Phi) is 16.9. The van der Waals surface area contributed by atoms with Crippen molar-refractivity contribution in [2.24, 2.45) is 29.4 Å². The monoisotopic (exact) mass is 846 g/mol. The molecule has 336 valence electrons. The number of rotatable bonds is 21. The van der Waals surface area contributed by atoms with Crippen molar-refractivity contribution in [2.75, 3.05) is 40.2 Å². The van der Waals surface area contributed by atoms with E-state index in [2.05, 4.69) is 27.8 Å². The summed E-state index contributed by atoms with van der Waals surface area (Å²) in [6.07, 6.45) is 3.11. The van der Waals surface area contributed by atoms with Crippen molar-refractivity contribution < 1.29 is 33.4 Å². The van der Waals surface area contributed by atoms with Gasteiger partial charge in [-0.1, -0.05) is 83.5 Å². The molecular weight excluding hydrogens is 775 g/mol. The number of carbonyl (C=O) groups is 5. The quantitative estimate of drug-likeness (QED) is 0.145. The van der Waals surface area contributed by atoms with Crippen LogP contribution in [0.5, 0.6) is 0 Å². The average Bonchev–Trinajstić information content (AvgIpc) is 3.95. The van der Waals surface area contributed by atoms with E-state index in [-0.39, 0.29) is 60.3 Å². The van der Waals surface area contributed by atoms with Crippen LogP contribution in [0.2, 0.25) is 0 Å². The number of fused-ring (bicyclic) bond motifs is 1. The molecule has 0 spiro atoms. The Morgan fingerprint density at radius 3 is 2.13 bits per heavy atom. The van der Waals surface area contributed by atoms with Gasteiger partial charge in [-0.25, -0.2) is 0 Å². The molecule has 14 nitrogen and oxygen atoms in total. The SMILES string of the molecule is CC[C@H](C)[C@@H]([C@@H](CC(=O)N1CCC[C@H]1[C@H](OC)[C@@H](C)C(=O)N[C@@H](Cc1ccccc1)C(=O)Nc1ccc(CN)cc1)OC)N(C)C(=O)[C@@H](NC(=O)[C@@H]1C2CC(C2)N1C)C(C)C. The molecule has 5 N–H and O–H groups in total. The first-order valence-electron chi connectivity index (χ1n) is 22.2. The maximum Gasteiger partial charge on any atom is 0.247 e. The highest BCUT2D eigenvalue weighted by atomic mass is 16.5. The number of nitrogens with two attached hydrogens (primary N) is 1. The molecule has 3 aliphatic heterocycles. The van der Waals surface area contributed by atoms with Gasteiger partial charge in [0, 0.05) is 52.5 Å². The number of nitrogens with one attached hydrogen (secondary N) is 3. The molecule has 61 heavy (non-hydrogen) atoms. The van der Waals surface area contributed by atoms with E-state index in [1.807, 2.05) is 70.3 Å². The van der Waals surface area contributed by atoms with Crippen LogP contribution in [0.3, 0.4) is 0 Å². The van der Waals surface area contributed by atoms with Crippen LogP contribution < -0.4 is 21.7 Å². The van der Waals surface area contributed by atoms with Gasteiger partial charge in [0.25, 0.3) is 0 Å². The Balaban J connectivity index is 1.27.